The quantitative estimate of drug-likeness (QED) is 0.437. The molecule has 1 aliphatic rings. The van der Waals surface area contributed by atoms with Gasteiger partial charge in [-0.2, -0.15) is 13.2 Å². The molecule has 1 aromatic heterocycles. The molecule has 1 amide bonds. The van der Waals surface area contributed by atoms with Gasteiger partial charge < -0.3 is 10.1 Å². The number of carbonyl (C=O) groups excluding carboxylic acids is 1. The van der Waals surface area contributed by atoms with Gasteiger partial charge in [-0.15, -0.1) is 12.4 Å². The third-order valence-corrected chi connectivity index (χ3v) is 6.08. The molecule has 0 radical (unpaired) electrons. The average molecular weight is 525 g/mol. The number of carbonyl (C=O) groups is 1. The van der Waals surface area contributed by atoms with E-state index in [0.717, 1.165) is 23.5 Å². The molecule has 0 bridgehead atoms. The van der Waals surface area contributed by atoms with Crippen molar-refractivity contribution in [2.24, 2.45) is 5.92 Å². The molecule has 2 aromatic carbocycles. The molecule has 3 aromatic rings. The van der Waals surface area contributed by atoms with Gasteiger partial charge in [0.1, 0.15) is 5.75 Å². The Kier molecular flexibility index (Phi) is 8.52. The summed E-state index contributed by atoms with van der Waals surface area (Å²) in [7, 11) is 1.53. The summed E-state index contributed by atoms with van der Waals surface area (Å²) in [5.74, 6) is -1.79. The van der Waals surface area contributed by atoms with E-state index >= 15 is 0 Å². The summed E-state index contributed by atoms with van der Waals surface area (Å²) in [6.45, 7) is 1.74. The molecule has 6 nitrogen and oxygen atoms in total. The molecule has 0 unspecified atom stereocenters. The summed E-state index contributed by atoms with van der Waals surface area (Å²) in [6, 6.07) is 11.1. The van der Waals surface area contributed by atoms with E-state index < -0.39 is 29.9 Å². The van der Waals surface area contributed by atoms with Crippen molar-refractivity contribution in [1.29, 1.82) is 0 Å². The van der Waals surface area contributed by atoms with Crippen LogP contribution in [0, 0.1) is 18.7 Å². The Morgan fingerprint density at radius 3 is 2.42 bits per heavy atom. The fraction of sp³-hybridized carbons (Fsp3) is 0.320. The molecule has 1 saturated heterocycles. The van der Waals surface area contributed by atoms with Crippen LogP contribution in [0.3, 0.4) is 0 Å². The highest BCUT2D eigenvalue weighted by molar-refractivity contribution is 5.95. The standard InChI is InChI=1S/C25H24F4N4O2.ClH/c1-15-3-6-19(10-21(15)23-30-11-18(26)12-31-23)32-24(34)22-9-17(25(27,28)29)14-33(22)13-16-4-7-20(35-2)8-5-16;/h3-8,10-12,17,22H,9,13-14H2,1-2H3,(H,32,34);1H/t17-,22-;/m1./s1. The third-order valence-electron chi connectivity index (χ3n) is 6.08. The smallest absolute Gasteiger partial charge is 0.393 e. The van der Waals surface area contributed by atoms with Gasteiger partial charge in [-0.25, -0.2) is 14.4 Å². The number of ether oxygens (including phenoxy) is 1. The zero-order chi connectivity index (χ0) is 25.2. The van der Waals surface area contributed by atoms with E-state index in [4.69, 9.17) is 4.74 Å². The first-order chi connectivity index (χ1) is 16.6. The Hall–Kier alpha value is -3.24. The summed E-state index contributed by atoms with van der Waals surface area (Å²) in [6.07, 6.45) is -2.64. The molecule has 11 heteroatoms. The monoisotopic (exact) mass is 524 g/mol. The molecule has 4 rings (SSSR count). The fourth-order valence-corrected chi connectivity index (χ4v) is 4.17. The number of anilines is 1. The zero-order valence-corrected chi connectivity index (χ0v) is 20.4. The number of alkyl halides is 3. The van der Waals surface area contributed by atoms with E-state index in [2.05, 4.69) is 15.3 Å². The van der Waals surface area contributed by atoms with Crippen LogP contribution in [0.25, 0.3) is 11.4 Å². The van der Waals surface area contributed by atoms with Crippen molar-refractivity contribution in [1.82, 2.24) is 14.9 Å². The predicted molar refractivity (Wildman–Crippen MR) is 129 cm³/mol. The first-order valence-electron chi connectivity index (χ1n) is 11.0. The van der Waals surface area contributed by atoms with Crippen LogP contribution < -0.4 is 10.1 Å². The number of benzene rings is 2. The van der Waals surface area contributed by atoms with Crippen molar-refractivity contribution in [2.75, 3.05) is 19.0 Å². The lowest BCUT2D eigenvalue weighted by Gasteiger charge is -2.24. The van der Waals surface area contributed by atoms with Gasteiger partial charge >= 0.3 is 6.18 Å². The molecule has 1 fully saturated rings. The van der Waals surface area contributed by atoms with E-state index in [1.54, 1.807) is 47.4 Å². The van der Waals surface area contributed by atoms with Gasteiger partial charge in [0.15, 0.2) is 11.6 Å². The van der Waals surface area contributed by atoms with Gasteiger partial charge in [-0.1, -0.05) is 18.2 Å². The van der Waals surface area contributed by atoms with Gasteiger partial charge in [0.05, 0.1) is 31.5 Å². The largest absolute Gasteiger partial charge is 0.497 e. The maximum Gasteiger partial charge on any atom is 0.393 e. The normalized spacial score (nSPS) is 17.9. The van der Waals surface area contributed by atoms with Crippen LogP contribution in [0.4, 0.5) is 23.2 Å². The Morgan fingerprint density at radius 1 is 1.14 bits per heavy atom. The lowest BCUT2D eigenvalue weighted by atomic mass is 10.0. The fourth-order valence-electron chi connectivity index (χ4n) is 4.17. The number of amides is 1. The first-order valence-corrected chi connectivity index (χ1v) is 11.0. The Bertz CT molecular complexity index is 1190. The first kappa shape index (κ1) is 27.3. The van der Waals surface area contributed by atoms with E-state index in [1.165, 1.54) is 7.11 Å². The number of hydrogen-bond acceptors (Lipinski definition) is 5. The van der Waals surface area contributed by atoms with E-state index in [9.17, 15) is 22.4 Å². The van der Waals surface area contributed by atoms with Crippen LogP contribution in [0.5, 0.6) is 5.75 Å². The molecule has 36 heavy (non-hydrogen) atoms. The van der Waals surface area contributed by atoms with Crippen LogP contribution in [-0.4, -0.2) is 46.6 Å². The molecular weight excluding hydrogens is 500 g/mol. The zero-order valence-electron chi connectivity index (χ0n) is 19.6. The molecule has 2 atom stereocenters. The topological polar surface area (TPSA) is 67.3 Å². The third kappa shape index (κ3) is 6.30. The summed E-state index contributed by atoms with van der Waals surface area (Å²) < 4.78 is 58.9. The summed E-state index contributed by atoms with van der Waals surface area (Å²) in [5.41, 5.74) is 2.55. The van der Waals surface area contributed by atoms with E-state index in [-0.39, 0.29) is 37.7 Å². The van der Waals surface area contributed by atoms with Crippen LogP contribution in [0.1, 0.15) is 17.5 Å². The molecule has 1 N–H and O–H groups in total. The predicted octanol–water partition coefficient (Wildman–Crippen LogP) is 5.41. The van der Waals surface area contributed by atoms with Crippen LogP contribution >= 0.6 is 12.4 Å². The number of methoxy groups -OCH3 is 1. The van der Waals surface area contributed by atoms with Crippen molar-refractivity contribution in [2.45, 2.75) is 32.1 Å². The number of rotatable bonds is 6. The summed E-state index contributed by atoms with van der Waals surface area (Å²) in [5, 5.41) is 2.74. The molecule has 1 aliphatic heterocycles. The van der Waals surface area contributed by atoms with Crippen LogP contribution in [-0.2, 0) is 11.3 Å². The molecule has 2 heterocycles. The number of aryl methyl sites for hydroxylation is 1. The minimum Gasteiger partial charge on any atom is -0.497 e. The van der Waals surface area contributed by atoms with Crippen molar-refractivity contribution in [3.63, 3.8) is 0 Å². The molecule has 0 aliphatic carbocycles. The number of hydrogen-bond donors (Lipinski definition) is 1. The Labute approximate surface area is 212 Å². The van der Waals surface area contributed by atoms with Crippen LogP contribution in [0.2, 0.25) is 0 Å². The highest BCUT2D eigenvalue weighted by Gasteiger charge is 2.49. The second kappa shape index (κ2) is 11.2. The van der Waals surface area contributed by atoms with Gasteiger partial charge in [-0.3, -0.25) is 9.69 Å². The number of nitrogens with zero attached hydrogens (tertiary/aromatic N) is 3. The van der Waals surface area contributed by atoms with Crippen molar-refractivity contribution >= 4 is 24.0 Å². The SMILES string of the molecule is COc1ccc(CN2C[C@H](C(F)(F)F)C[C@@H]2C(=O)Nc2ccc(C)c(-c3ncc(F)cn3)c2)cc1.Cl. The molecule has 0 spiro atoms. The van der Waals surface area contributed by atoms with Gasteiger partial charge in [0.2, 0.25) is 5.91 Å². The Balaban J connectivity index is 0.00000361. The summed E-state index contributed by atoms with van der Waals surface area (Å²) in [4.78, 5) is 22.6. The number of likely N-dealkylation sites (tertiary alicyclic amines) is 1. The maximum absolute atomic E-state index is 13.5. The molecular formula is C25H25ClF4N4O2. The number of halogens is 5. The molecule has 192 valence electrons. The summed E-state index contributed by atoms with van der Waals surface area (Å²) >= 11 is 0. The molecule has 0 saturated carbocycles. The Morgan fingerprint density at radius 2 is 1.81 bits per heavy atom. The minimum atomic E-state index is -4.40. The van der Waals surface area contributed by atoms with E-state index in [1.807, 2.05) is 6.92 Å². The second-order valence-electron chi connectivity index (χ2n) is 8.51. The average Bonchev–Trinajstić information content (AvgIpc) is 3.26. The highest BCUT2D eigenvalue weighted by atomic mass is 35.5. The van der Waals surface area contributed by atoms with Crippen molar-refractivity contribution in [3.8, 4) is 17.1 Å². The van der Waals surface area contributed by atoms with E-state index in [0.29, 0.717) is 17.0 Å². The van der Waals surface area contributed by atoms with Crippen LogP contribution in [0.15, 0.2) is 54.9 Å². The minimum absolute atomic E-state index is 0. The lowest BCUT2D eigenvalue weighted by molar-refractivity contribution is -0.170. The number of nitrogens with one attached hydrogen (secondary N) is 1. The van der Waals surface area contributed by atoms with Gasteiger partial charge in [-0.05, 0) is 48.7 Å². The van der Waals surface area contributed by atoms with Gasteiger partial charge in [0.25, 0.3) is 0 Å². The number of aromatic nitrogens is 2. The van der Waals surface area contributed by atoms with Gasteiger partial charge in [0, 0.05) is 24.3 Å². The van der Waals surface area contributed by atoms with Crippen molar-refractivity contribution in [3.05, 3.63) is 71.8 Å². The van der Waals surface area contributed by atoms with Crippen molar-refractivity contribution < 1.29 is 27.1 Å². The second-order valence-corrected chi connectivity index (χ2v) is 8.51. The highest BCUT2D eigenvalue weighted by Crippen LogP contribution is 2.38. The lowest BCUT2D eigenvalue weighted by Crippen LogP contribution is -2.39. The maximum atomic E-state index is 13.5.